The lowest BCUT2D eigenvalue weighted by molar-refractivity contribution is -0.207. The Morgan fingerprint density at radius 3 is 2.41 bits per heavy atom. The fourth-order valence-corrected chi connectivity index (χ4v) is 9.17. The van der Waals surface area contributed by atoms with Gasteiger partial charge in [0.2, 0.25) is 5.91 Å². The predicted molar refractivity (Wildman–Crippen MR) is 128 cm³/mol. The van der Waals surface area contributed by atoms with E-state index in [1.165, 1.54) is 11.9 Å². The summed E-state index contributed by atoms with van der Waals surface area (Å²) in [6, 6.07) is 0. The molecule has 4 rings (SSSR count). The number of nitrogens with zero attached hydrogens (tertiary/aromatic N) is 1. The highest BCUT2D eigenvalue weighted by molar-refractivity contribution is 5.80. The number of rotatable bonds is 6. The smallest absolute Gasteiger partial charge is 0.323 e. The summed E-state index contributed by atoms with van der Waals surface area (Å²) >= 11 is 0. The van der Waals surface area contributed by atoms with Gasteiger partial charge in [0.15, 0.2) is 0 Å². The van der Waals surface area contributed by atoms with E-state index >= 15 is 0 Å². The predicted octanol–water partition coefficient (Wildman–Crippen LogP) is 2.91. The van der Waals surface area contributed by atoms with Gasteiger partial charge in [-0.1, -0.05) is 20.8 Å². The zero-order valence-electron chi connectivity index (χ0n) is 21.3. The highest BCUT2D eigenvalue weighted by atomic mass is 16.4. The summed E-state index contributed by atoms with van der Waals surface area (Å²) in [5.41, 5.74) is -0.217. The van der Waals surface area contributed by atoms with Crippen molar-refractivity contribution >= 4 is 11.9 Å². The second-order valence-electron chi connectivity index (χ2n) is 12.7. The van der Waals surface area contributed by atoms with Crippen LogP contribution in [-0.2, 0) is 9.59 Å². The van der Waals surface area contributed by atoms with Crippen LogP contribution < -0.4 is 0 Å². The Morgan fingerprint density at radius 1 is 1.03 bits per heavy atom. The van der Waals surface area contributed by atoms with Crippen LogP contribution in [-0.4, -0.2) is 69.1 Å². The minimum absolute atomic E-state index is 0.0658. The summed E-state index contributed by atoms with van der Waals surface area (Å²) in [6.45, 7) is 6.44. The molecule has 1 unspecified atom stereocenters. The molecule has 0 heterocycles. The second-order valence-corrected chi connectivity index (χ2v) is 12.7. The van der Waals surface area contributed by atoms with Crippen molar-refractivity contribution in [3.63, 3.8) is 0 Å². The molecule has 0 aromatic rings. The van der Waals surface area contributed by atoms with Crippen molar-refractivity contribution in [2.24, 2.45) is 46.3 Å². The third kappa shape index (κ3) is 4.20. The fraction of sp³-hybridized carbons (Fsp3) is 0.926. The molecule has 0 aromatic carbocycles. The molecule has 0 aliphatic heterocycles. The van der Waals surface area contributed by atoms with Crippen LogP contribution in [0.15, 0.2) is 0 Å². The zero-order chi connectivity index (χ0) is 25.0. The van der Waals surface area contributed by atoms with Crippen LogP contribution in [0.2, 0.25) is 0 Å². The van der Waals surface area contributed by atoms with E-state index in [2.05, 4.69) is 20.8 Å². The van der Waals surface area contributed by atoms with Gasteiger partial charge in [-0.2, -0.15) is 0 Å². The molecule has 4 aliphatic carbocycles. The normalized spacial score (nSPS) is 46.7. The molecule has 194 valence electrons. The number of amides is 1. The van der Waals surface area contributed by atoms with E-state index in [0.29, 0.717) is 25.2 Å². The molecule has 0 aromatic heterocycles. The number of carbonyl (C=O) groups is 2. The minimum atomic E-state index is -1.01. The molecule has 11 atom stereocenters. The molecule has 4 saturated carbocycles. The van der Waals surface area contributed by atoms with Gasteiger partial charge >= 0.3 is 5.97 Å². The molecule has 0 radical (unpaired) electrons. The maximum absolute atomic E-state index is 12.4. The zero-order valence-corrected chi connectivity index (χ0v) is 21.3. The molecular weight excluding hydrogens is 433 g/mol. The number of aliphatic hydroxyl groups excluding tert-OH is 3. The van der Waals surface area contributed by atoms with Crippen LogP contribution in [0, 0.1) is 46.3 Å². The number of likely N-dealkylation sites (N-methyl/N-ethyl adjacent to an activating group) is 1. The Morgan fingerprint density at radius 2 is 1.74 bits per heavy atom. The Bertz CT molecular complexity index is 789. The van der Waals surface area contributed by atoms with Gasteiger partial charge in [-0.3, -0.25) is 9.59 Å². The van der Waals surface area contributed by atoms with E-state index in [1.807, 2.05) is 0 Å². The molecule has 0 spiro atoms. The number of carboxylic acid groups (broad SMARTS) is 1. The van der Waals surface area contributed by atoms with Crippen molar-refractivity contribution in [1.29, 1.82) is 0 Å². The summed E-state index contributed by atoms with van der Waals surface area (Å²) in [6.07, 6.45) is 5.90. The first-order chi connectivity index (χ1) is 15.9. The van der Waals surface area contributed by atoms with Crippen molar-refractivity contribution in [2.75, 3.05) is 13.6 Å². The first kappa shape index (κ1) is 25.9. The Balaban J connectivity index is 1.49. The molecule has 7 nitrogen and oxygen atoms in total. The molecule has 34 heavy (non-hydrogen) atoms. The van der Waals surface area contributed by atoms with Crippen LogP contribution in [0.5, 0.6) is 0 Å². The van der Waals surface area contributed by atoms with Gasteiger partial charge in [0.05, 0.1) is 18.3 Å². The standard InChI is InChI=1S/C27H45NO6/c1-15(5-8-23(32)28(4)14-24(33)34)18-6-7-19-25-20(13-22(31)27(18,19)3)26(2)10-9-17(29)11-16(26)12-21(25)30/h15-22,25,29-31H,5-14H2,1-4H3,(H,33,34)/t15-,16?,17-,18-,19+,20+,21-,22+,25+,26+,27-/m1/s1/i4-1. The maximum Gasteiger partial charge on any atom is 0.323 e. The van der Waals surface area contributed by atoms with Crippen molar-refractivity contribution < 1.29 is 30.0 Å². The minimum Gasteiger partial charge on any atom is -0.480 e. The Kier molecular flexibility index (Phi) is 7.13. The SMILES string of the molecule is C[C@H](CCC(=O)N([11CH3])CC(=O)O)[C@H]1CC[C@H]2[C@@H]3[C@H](O)CC4C[C@H](O)CC[C@]4(C)[C@H]3C[C@H](O)[C@]12C. The summed E-state index contributed by atoms with van der Waals surface area (Å²) in [5, 5.41) is 42.2. The quantitative estimate of drug-likeness (QED) is 0.466. The van der Waals surface area contributed by atoms with Crippen LogP contribution in [0.1, 0.15) is 78.6 Å². The average Bonchev–Trinajstić information content (AvgIpc) is 3.12. The van der Waals surface area contributed by atoms with Crippen LogP contribution in [0.4, 0.5) is 0 Å². The van der Waals surface area contributed by atoms with E-state index in [9.17, 15) is 24.9 Å². The lowest BCUT2D eigenvalue weighted by Crippen LogP contribution is -2.62. The van der Waals surface area contributed by atoms with Gasteiger partial charge in [-0.15, -0.1) is 0 Å². The van der Waals surface area contributed by atoms with Gasteiger partial charge < -0.3 is 25.3 Å². The third-order valence-corrected chi connectivity index (χ3v) is 11.1. The lowest BCUT2D eigenvalue weighted by Gasteiger charge is -2.63. The fourth-order valence-electron chi connectivity index (χ4n) is 9.17. The molecule has 7 heteroatoms. The second kappa shape index (κ2) is 9.36. The molecule has 4 N–H and O–H groups in total. The number of hydrogen-bond acceptors (Lipinski definition) is 5. The van der Waals surface area contributed by atoms with Crippen molar-refractivity contribution in [3.05, 3.63) is 0 Å². The van der Waals surface area contributed by atoms with Gasteiger partial charge in [-0.25, -0.2) is 0 Å². The van der Waals surface area contributed by atoms with E-state index < -0.39 is 12.1 Å². The van der Waals surface area contributed by atoms with Gasteiger partial charge in [0.1, 0.15) is 6.54 Å². The lowest BCUT2D eigenvalue weighted by atomic mass is 9.43. The summed E-state index contributed by atoms with van der Waals surface area (Å²) < 4.78 is 0. The highest BCUT2D eigenvalue weighted by Gasteiger charge is 2.65. The van der Waals surface area contributed by atoms with Crippen LogP contribution >= 0.6 is 0 Å². The monoisotopic (exact) mass is 478 g/mol. The third-order valence-electron chi connectivity index (χ3n) is 11.1. The van der Waals surface area contributed by atoms with Crippen LogP contribution in [0.3, 0.4) is 0 Å². The van der Waals surface area contributed by atoms with E-state index in [0.717, 1.165) is 38.5 Å². The van der Waals surface area contributed by atoms with Gasteiger partial charge in [-0.05, 0) is 97.7 Å². The molecule has 0 bridgehead atoms. The molecule has 0 saturated heterocycles. The number of aliphatic carboxylic acids is 1. The molecule has 4 fully saturated rings. The van der Waals surface area contributed by atoms with E-state index in [4.69, 9.17) is 5.11 Å². The maximum atomic E-state index is 12.4. The Hall–Kier alpha value is -1.18. The number of hydrogen-bond donors (Lipinski definition) is 4. The largest absolute Gasteiger partial charge is 0.480 e. The average molecular weight is 479 g/mol. The first-order valence-electron chi connectivity index (χ1n) is 13.4. The summed E-state index contributed by atoms with van der Waals surface area (Å²) in [4.78, 5) is 24.6. The molecular formula is C27H45NO6. The number of aliphatic hydroxyl groups is 3. The van der Waals surface area contributed by atoms with Crippen molar-refractivity contribution in [2.45, 2.75) is 96.9 Å². The molecule has 1 amide bonds. The number of carbonyl (C=O) groups excluding carboxylic acids is 1. The van der Waals surface area contributed by atoms with Crippen molar-refractivity contribution in [3.8, 4) is 0 Å². The Labute approximate surface area is 203 Å². The van der Waals surface area contributed by atoms with Gasteiger partial charge in [0, 0.05) is 13.5 Å². The number of fused-ring (bicyclic) bond motifs is 5. The van der Waals surface area contributed by atoms with Gasteiger partial charge in [0.25, 0.3) is 0 Å². The first-order valence-corrected chi connectivity index (χ1v) is 13.4. The summed E-state index contributed by atoms with van der Waals surface area (Å²) in [5.74, 6) is 0.387. The highest BCUT2D eigenvalue weighted by Crippen LogP contribution is 2.68. The number of carboxylic acids is 1. The molecule has 4 aliphatic rings. The van der Waals surface area contributed by atoms with Crippen molar-refractivity contribution in [1.82, 2.24) is 4.90 Å². The summed E-state index contributed by atoms with van der Waals surface area (Å²) in [7, 11) is 1.53. The topological polar surface area (TPSA) is 118 Å². The van der Waals surface area contributed by atoms with Crippen LogP contribution in [0.25, 0.3) is 0 Å². The van der Waals surface area contributed by atoms with E-state index in [1.54, 1.807) is 0 Å². The van der Waals surface area contributed by atoms with E-state index in [-0.39, 0.29) is 65.1 Å².